The van der Waals surface area contributed by atoms with Crippen LogP contribution in [0.3, 0.4) is 0 Å². The quantitative estimate of drug-likeness (QED) is 0.488. The lowest BCUT2D eigenvalue weighted by atomic mass is 9.99. The van der Waals surface area contributed by atoms with E-state index in [2.05, 4.69) is 6.58 Å². The SMILES string of the molecule is C=C(OC(=O)c1ccccc1)C(=O)OCC(C)(C)C.OCCO. The van der Waals surface area contributed by atoms with Gasteiger partial charge in [-0.1, -0.05) is 39.0 Å². The number of aliphatic hydroxyl groups excluding tert-OH is 2. The number of esters is 2. The number of rotatable bonds is 5. The first-order chi connectivity index (χ1) is 10.7. The average molecular weight is 324 g/mol. The molecule has 0 saturated heterocycles. The summed E-state index contributed by atoms with van der Waals surface area (Å²) in [6, 6.07) is 8.38. The van der Waals surface area contributed by atoms with Gasteiger partial charge in [-0.3, -0.25) is 0 Å². The van der Waals surface area contributed by atoms with E-state index >= 15 is 0 Å². The van der Waals surface area contributed by atoms with E-state index in [1.54, 1.807) is 30.3 Å². The highest BCUT2D eigenvalue weighted by Crippen LogP contribution is 2.14. The normalized spacial score (nSPS) is 10.1. The van der Waals surface area contributed by atoms with Gasteiger partial charge in [0.05, 0.1) is 25.4 Å². The molecule has 0 heterocycles. The van der Waals surface area contributed by atoms with Crippen molar-refractivity contribution in [1.82, 2.24) is 0 Å². The molecule has 23 heavy (non-hydrogen) atoms. The lowest BCUT2D eigenvalue weighted by Crippen LogP contribution is -2.21. The summed E-state index contributed by atoms with van der Waals surface area (Å²) in [4.78, 5) is 23.2. The molecule has 1 aromatic carbocycles. The molecule has 0 aromatic heterocycles. The summed E-state index contributed by atoms with van der Waals surface area (Å²) in [6.45, 7) is 9.17. The Balaban J connectivity index is 0.00000108. The second-order valence-electron chi connectivity index (χ2n) is 5.76. The van der Waals surface area contributed by atoms with Gasteiger partial charge in [0.15, 0.2) is 0 Å². The molecule has 1 aromatic rings. The van der Waals surface area contributed by atoms with Crippen LogP contribution in [-0.2, 0) is 14.3 Å². The van der Waals surface area contributed by atoms with Crippen molar-refractivity contribution in [3.05, 3.63) is 48.2 Å². The van der Waals surface area contributed by atoms with Crippen LogP contribution in [0.1, 0.15) is 31.1 Å². The molecule has 0 amide bonds. The fraction of sp³-hybridized carbons (Fsp3) is 0.412. The molecule has 0 aliphatic rings. The van der Waals surface area contributed by atoms with Gasteiger partial charge in [-0.25, -0.2) is 9.59 Å². The molecule has 0 radical (unpaired) electrons. The van der Waals surface area contributed by atoms with E-state index in [1.807, 2.05) is 20.8 Å². The van der Waals surface area contributed by atoms with Crippen molar-refractivity contribution in [2.45, 2.75) is 20.8 Å². The molecule has 2 N–H and O–H groups in total. The van der Waals surface area contributed by atoms with Gasteiger partial charge in [-0.15, -0.1) is 0 Å². The Kier molecular flexibility index (Phi) is 9.53. The Bertz CT molecular complexity index is 500. The number of carbonyl (C=O) groups excluding carboxylic acids is 2. The fourth-order valence-electron chi connectivity index (χ4n) is 1.15. The molecule has 0 spiro atoms. The van der Waals surface area contributed by atoms with Gasteiger partial charge >= 0.3 is 11.9 Å². The van der Waals surface area contributed by atoms with Crippen LogP contribution < -0.4 is 0 Å². The first-order valence-electron chi connectivity index (χ1n) is 7.06. The van der Waals surface area contributed by atoms with Gasteiger partial charge < -0.3 is 19.7 Å². The zero-order chi connectivity index (χ0) is 17.9. The molecule has 0 unspecified atom stereocenters. The number of ether oxygens (including phenoxy) is 2. The van der Waals surface area contributed by atoms with E-state index in [9.17, 15) is 9.59 Å². The second-order valence-corrected chi connectivity index (χ2v) is 5.76. The molecule has 0 fully saturated rings. The molecule has 0 aliphatic heterocycles. The summed E-state index contributed by atoms with van der Waals surface area (Å²) in [7, 11) is 0. The predicted octanol–water partition coefficient (Wildman–Crippen LogP) is 1.92. The number of carbonyl (C=O) groups is 2. The van der Waals surface area contributed by atoms with E-state index in [4.69, 9.17) is 19.7 Å². The predicted molar refractivity (Wildman–Crippen MR) is 85.6 cm³/mol. The molecule has 6 heteroatoms. The van der Waals surface area contributed by atoms with E-state index in [-0.39, 0.29) is 31.0 Å². The van der Waals surface area contributed by atoms with Crippen LogP contribution >= 0.6 is 0 Å². The maximum atomic E-state index is 11.7. The maximum Gasteiger partial charge on any atom is 0.373 e. The van der Waals surface area contributed by atoms with E-state index in [0.717, 1.165) is 0 Å². The first kappa shape index (κ1) is 20.8. The van der Waals surface area contributed by atoms with Gasteiger partial charge in [0.25, 0.3) is 0 Å². The van der Waals surface area contributed by atoms with Crippen molar-refractivity contribution < 1.29 is 29.3 Å². The number of aliphatic hydroxyl groups is 2. The highest BCUT2D eigenvalue weighted by molar-refractivity contribution is 5.95. The zero-order valence-electron chi connectivity index (χ0n) is 13.7. The molecule has 6 nitrogen and oxygen atoms in total. The maximum absolute atomic E-state index is 11.7. The molecule has 0 atom stereocenters. The third kappa shape index (κ3) is 10.2. The van der Waals surface area contributed by atoms with Crippen molar-refractivity contribution in [3.8, 4) is 0 Å². The smallest absolute Gasteiger partial charge is 0.373 e. The number of benzene rings is 1. The number of hydrogen-bond donors (Lipinski definition) is 2. The summed E-state index contributed by atoms with van der Waals surface area (Å²) in [5.41, 5.74) is 0.201. The van der Waals surface area contributed by atoms with Crippen molar-refractivity contribution in [2.75, 3.05) is 19.8 Å². The van der Waals surface area contributed by atoms with Crippen LogP contribution in [-0.4, -0.2) is 42.0 Å². The van der Waals surface area contributed by atoms with Crippen LogP contribution in [0.2, 0.25) is 0 Å². The molecule has 0 bridgehead atoms. The van der Waals surface area contributed by atoms with Crippen LogP contribution in [0, 0.1) is 5.41 Å². The Labute approximate surface area is 136 Å². The summed E-state index contributed by atoms with van der Waals surface area (Å²) >= 11 is 0. The average Bonchev–Trinajstić information content (AvgIpc) is 2.52. The Morgan fingerprint density at radius 3 is 2.04 bits per heavy atom. The summed E-state index contributed by atoms with van der Waals surface area (Å²) in [6.07, 6.45) is 0. The largest absolute Gasteiger partial charge is 0.459 e. The third-order valence-corrected chi connectivity index (χ3v) is 2.19. The Hall–Kier alpha value is -2.18. The van der Waals surface area contributed by atoms with Crippen molar-refractivity contribution in [2.24, 2.45) is 5.41 Å². The third-order valence-electron chi connectivity index (χ3n) is 2.19. The fourth-order valence-corrected chi connectivity index (χ4v) is 1.15. The van der Waals surface area contributed by atoms with Crippen molar-refractivity contribution in [3.63, 3.8) is 0 Å². The molecule has 1 rings (SSSR count). The van der Waals surface area contributed by atoms with Crippen LogP contribution in [0.4, 0.5) is 0 Å². The lowest BCUT2D eigenvalue weighted by molar-refractivity contribution is -0.144. The summed E-state index contributed by atoms with van der Waals surface area (Å²) < 4.78 is 9.84. The van der Waals surface area contributed by atoms with Crippen LogP contribution in [0.25, 0.3) is 0 Å². The van der Waals surface area contributed by atoms with Gasteiger partial charge in [0.2, 0.25) is 5.76 Å². The molecule has 0 aliphatic carbocycles. The molecule has 0 saturated carbocycles. The van der Waals surface area contributed by atoms with Crippen LogP contribution in [0.15, 0.2) is 42.7 Å². The minimum Gasteiger partial charge on any atom is -0.459 e. The molecule has 128 valence electrons. The van der Waals surface area contributed by atoms with Gasteiger partial charge in [0, 0.05) is 0 Å². The Morgan fingerprint density at radius 1 is 1.09 bits per heavy atom. The van der Waals surface area contributed by atoms with E-state index in [1.165, 1.54) is 0 Å². The zero-order valence-corrected chi connectivity index (χ0v) is 13.7. The van der Waals surface area contributed by atoms with Gasteiger partial charge in [0.1, 0.15) is 0 Å². The Morgan fingerprint density at radius 2 is 1.61 bits per heavy atom. The summed E-state index contributed by atoms with van der Waals surface area (Å²) in [5.74, 6) is -1.66. The van der Waals surface area contributed by atoms with E-state index in [0.29, 0.717) is 5.56 Å². The highest BCUT2D eigenvalue weighted by Gasteiger charge is 2.19. The lowest BCUT2D eigenvalue weighted by Gasteiger charge is -2.18. The first-order valence-corrected chi connectivity index (χ1v) is 7.06. The minimum absolute atomic E-state index is 0.125. The molecular formula is C17H24O6. The van der Waals surface area contributed by atoms with Gasteiger partial charge in [-0.05, 0) is 24.1 Å². The van der Waals surface area contributed by atoms with Crippen LogP contribution in [0.5, 0.6) is 0 Å². The monoisotopic (exact) mass is 324 g/mol. The van der Waals surface area contributed by atoms with Gasteiger partial charge in [-0.2, -0.15) is 0 Å². The summed E-state index contributed by atoms with van der Waals surface area (Å²) in [5, 5.41) is 15.2. The standard InChI is InChI=1S/C15H18O4.C2H6O2/c1-11(13(16)18-10-15(2,3)4)19-14(17)12-8-6-5-7-9-12;3-1-2-4/h5-9H,1,10H2,2-4H3;3-4H,1-2H2. The number of hydrogen-bond acceptors (Lipinski definition) is 6. The van der Waals surface area contributed by atoms with Crippen molar-refractivity contribution >= 4 is 11.9 Å². The second kappa shape index (κ2) is 10.5. The molecular weight excluding hydrogens is 300 g/mol. The minimum atomic E-state index is -0.723. The van der Waals surface area contributed by atoms with Crippen molar-refractivity contribution in [1.29, 1.82) is 0 Å². The highest BCUT2D eigenvalue weighted by atomic mass is 16.6. The topological polar surface area (TPSA) is 93.1 Å². The van der Waals surface area contributed by atoms with E-state index < -0.39 is 11.9 Å².